The van der Waals surface area contributed by atoms with E-state index >= 15 is 0 Å². The molecule has 34 heavy (non-hydrogen) atoms. The van der Waals surface area contributed by atoms with Gasteiger partial charge < -0.3 is 20.5 Å². The van der Waals surface area contributed by atoms with Crippen molar-refractivity contribution < 1.29 is 24.2 Å². The molecule has 0 fully saturated rings. The summed E-state index contributed by atoms with van der Waals surface area (Å²) < 4.78 is 5.56. The summed E-state index contributed by atoms with van der Waals surface area (Å²) in [5.74, 6) is -1.56. The molecular formula is C27H26N2O5. The minimum absolute atomic E-state index is 0.00531. The van der Waals surface area contributed by atoms with E-state index in [4.69, 9.17) is 4.74 Å². The van der Waals surface area contributed by atoms with E-state index in [1.54, 1.807) is 12.1 Å². The minimum atomic E-state index is -1.13. The molecule has 1 unspecified atom stereocenters. The average Bonchev–Trinajstić information content (AvgIpc) is 3.16. The summed E-state index contributed by atoms with van der Waals surface area (Å²) in [5, 5.41) is 14.6. The predicted molar refractivity (Wildman–Crippen MR) is 129 cm³/mol. The molecule has 2 amide bonds. The normalized spacial score (nSPS) is 12.9. The first kappa shape index (κ1) is 23.0. The number of aromatic carboxylic acids is 1. The Morgan fingerprint density at radius 2 is 1.50 bits per heavy atom. The molecule has 0 radical (unpaired) electrons. The molecule has 7 heteroatoms. The molecule has 0 bridgehead atoms. The van der Waals surface area contributed by atoms with Crippen molar-refractivity contribution in [2.75, 3.05) is 11.9 Å². The molecule has 0 saturated heterocycles. The van der Waals surface area contributed by atoms with Crippen LogP contribution >= 0.6 is 0 Å². The fraction of sp³-hybridized carbons (Fsp3) is 0.222. The quantitative estimate of drug-likeness (QED) is 0.439. The second-order valence-corrected chi connectivity index (χ2v) is 8.18. The molecule has 4 rings (SSSR count). The molecule has 7 nitrogen and oxygen atoms in total. The van der Waals surface area contributed by atoms with Crippen molar-refractivity contribution in [3.8, 4) is 11.1 Å². The van der Waals surface area contributed by atoms with Gasteiger partial charge in [-0.2, -0.15) is 0 Å². The van der Waals surface area contributed by atoms with Gasteiger partial charge >= 0.3 is 12.1 Å². The van der Waals surface area contributed by atoms with Gasteiger partial charge in [-0.05, 0) is 40.8 Å². The summed E-state index contributed by atoms with van der Waals surface area (Å²) in [4.78, 5) is 36.4. The monoisotopic (exact) mass is 458 g/mol. The number of carboxylic acids is 1. The Kier molecular flexibility index (Phi) is 6.92. The van der Waals surface area contributed by atoms with Crippen LogP contribution in [0, 0.1) is 0 Å². The molecule has 3 aromatic rings. The first-order valence-electron chi connectivity index (χ1n) is 11.2. The van der Waals surface area contributed by atoms with E-state index in [1.807, 2.05) is 31.2 Å². The van der Waals surface area contributed by atoms with Gasteiger partial charge in [-0.1, -0.05) is 67.6 Å². The van der Waals surface area contributed by atoms with Gasteiger partial charge in [-0.3, -0.25) is 4.79 Å². The Hall–Kier alpha value is -4.13. The summed E-state index contributed by atoms with van der Waals surface area (Å²) in [6, 6.07) is 21.9. The number of amides is 2. The molecule has 0 heterocycles. The van der Waals surface area contributed by atoms with Crippen LogP contribution < -0.4 is 10.6 Å². The number of benzene rings is 3. The van der Waals surface area contributed by atoms with E-state index in [2.05, 4.69) is 34.9 Å². The van der Waals surface area contributed by atoms with Gasteiger partial charge in [0.15, 0.2) is 0 Å². The van der Waals surface area contributed by atoms with Crippen molar-refractivity contribution in [1.29, 1.82) is 0 Å². The number of carboxylic acid groups (broad SMARTS) is 1. The largest absolute Gasteiger partial charge is 0.478 e. The van der Waals surface area contributed by atoms with E-state index in [-0.39, 0.29) is 36.1 Å². The zero-order valence-electron chi connectivity index (χ0n) is 18.8. The van der Waals surface area contributed by atoms with E-state index in [0.29, 0.717) is 6.42 Å². The maximum atomic E-state index is 12.5. The molecule has 0 saturated carbocycles. The maximum absolute atomic E-state index is 12.5. The summed E-state index contributed by atoms with van der Waals surface area (Å²) in [6.07, 6.45) is -0.0835. The van der Waals surface area contributed by atoms with Crippen molar-refractivity contribution in [2.24, 2.45) is 0 Å². The number of hydrogen-bond donors (Lipinski definition) is 3. The van der Waals surface area contributed by atoms with Crippen molar-refractivity contribution in [3.05, 3.63) is 89.5 Å². The summed E-state index contributed by atoms with van der Waals surface area (Å²) in [6.45, 7) is 2.04. The standard InChI is InChI=1S/C27H26N2O5/c1-2-17(15-25(30)29-24-14-8-7-13-22(24)26(31)32)28-27(33)34-16-23-20-11-5-3-9-18(20)19-10-4-6-12-21(19)23/h3-14,17,23H,2,15-16H2,1H3,(H,28,33)(H,29,30)(H,31,32). The number of fused-ring (bicyclic) bond motifs is 3. The van der Waals surface area contributed by atoms with Crippen LogP contribution in [0.1, 0.15) is 47.2 Å². The lowest BCUT2D eigenvalue weighted by Crippen LogP contribution is -2.38. The zero-order chi connectivity index (χ0) is 24.1. The smallest absolute Gasteiger partial charge is 0.407 e. The van der Waals surface area contributed by atoms with Gasteiger partial charge in [0.1, 0.15) is 6.61 Å². The highest BCUT2D eigenvalue weighted by Crippen LogP contribution is 2.44. The Bertz CT molecular complexity index is 1180. The highest BCUT2D eigenvalue weighted by Gasteiger charge is 2.29. The Morgan fingerprint density at radius 1 is 0.912 bits per heavy atom. The van der Waals surface area contributed by atoms with Crippen LogP contribution in [-0.4, -0.2) is 35.7 Å². The lowest BCUT2D eigenvalue weighted by Gasteiger charge is -2.19. The first-order valence-corrected chi connectivity index (χ1v) is 11.2. The highest BCUT2D eigenvalue weighted by molar-refractivity contribution is 6.00. The molecule has 0 aliphatic heterocycles. The SMILES string of the molecule is CCC(CC(=O)Nc1ccccc1C(=O)O)NC(=O)OCC1c2ccccc2-c2ccccc21. The van der Waals surface area contributed by atoms with Gasteiger partial charge in [0, 0.05) is 18.4 Å². The third-order valence-corrected chi connectivity index (χ3v) is 6.02. The summed E-state index contributed by atoms with van der Waals surface area (Å²) in [5.41, 5.74) is 4.78. The molecule has 174 valence electrons. The van der Waals surface area contributed by atoms with Crippen LogP contribution in [0.3, 0.4) is 0 Å². The van der Waals surface area contributed by atoms with Crippen LogP contribution in [0.2, 0.25) is 0 Å². The van der Waals surface area contributed by atoms with Gasteiger partial charge in [0.25, 0.3) is 0 Å². The summed E-state index contributed by atoms with van der Waals surface area (Å²) in [7, 11) is 0. The van der Waals surface area contributed by atoms with Crippen molar-refractivity contribution in [1.82, 2.24) is 5.32 Å². The number of alkyl carbamates (subject to hydrolysis) is 1. The second-order valence-electron chi connectivity index (χ2n) is 8.18. The van der Waals surface area contributed by atoms with Crippen LogP contribution in [0.25, 0.3) is 11.1 Å². The second kappa shape index (κ2) is 10.2. The fourth-order valence-electron chi connectivity index (χ4n) is 4.31. The number of para-hydroxylation sites is 1. The molecule has 3 aromatic carbocycles. The van der Waals surface area contributed by atoms with Gasteiger partial charge in [-0.25, -0.2) is 9.59 Å². The number of carbonyl (C=O) groups is 3. The van der Waals surface area contributed by atoms with Gasteiger partial charge in [0.05, 0.1) is 11.3 Å². The van der Waals surface area contributed by atoms with Crippen LogP contribution in [0.5, 0.6) is 0 Å². The number of carbonyl (C=O) groups excluding carboxylic acids is 2. The zero-order valence-corrected chi connectivity index (χ0v) is 18.8. The number of hydrogen-bond acceptors (Lipinski definition) is 4. The molecule has 0 spiro atoms. The topological polar surface area (TPSA) is 105 Å². The Labute approximate surface area is 197 Å². The van der Waals surface area contributed by atoms with Gasteiger partial charge in [0.2, 0.25) is 5.91 Å². The summed E-state index contributed by atoms with van der Waals surface area (Å²) >= 11 is 0. The lowest BCUT2D eigenvalue weighted by molar-refractivity contribution is -0.116. The molecule has 1 aliphatic carbocycles. The number of ether oxygens (including phenoxy) is 1. The molecule has 0 aromatic heterocycles. The minimum Gasteiger partial charge on any atom is -0.478 e. The number of anilines is 1. The highest BCUT2D eigenvalue weighted by atomic mass is 16.5. The van der Waals surface area contributed by atoms with Crippen molar-refractivity contribution >= 4 is 23.7 Å². The van der Waals surface area contributed by atoms with Crippen molar-refractivity contribution in [2.45, 2.75) is 31.7 Å². The number of nitrogens with one attached hydrogen (secondary N) is 2. The predicted octanol–water partition coefficient (Wildman–Crippen LogP) is 5.03. The molecule has 1 aliphatic rings. The van der Waals surface area contributed by atoms with E-state index < -0.39 is 18.1 Å². The van der Waals surface area contributed by atoms with Crippen LogP contribution in [-0.2, 0) is 9.53 Å². The van der Waals surface area contributed by atoms with E-state index in [9.17, 15) is 19.5 Å². The third-order valence-electron chi connectivity index (χ3n) is 6.02. The first-order chi connectivity index (χ1) is 16.5. The van der Waals surface area contributed by atoms with E-state index in [1.165, 1.54) is 12.1 Å². The third kappa shape index (κ3) is 4.93. The van der Waals surface area contributed by atoms with Crippen molar-refractivity contribution in [3.63, 3.8) is 0 Å². The lowest BCUT2D eigenvalue weighted by atomic mass is 9.98. The van der Waals surface area contributed by atoms with Crippen LogP contribution in [0.4, 0.5) is 10.5 Å². The molecular weight excluding hydrogens is 432 g/mol. The maximum Gasteiger partial charge on any atom is 0.407 e. The van der Waals surface area contributed by atoms with E-state index in [0.717, 1.165) is 22.3 Å². The molecule has 1 atom stereocenters. The van der Waals surface area contributed by atoms with Gasteiger partial charge in [-0.15, -0.1) is 0 Å². The Balaban J connectivity index is 1.35. The fourth-order valence-corrected chi connectivity index (χ4v) is 4.31. The Morgan fingerprint density at radius 3 is 2.12 bits per heavy atom. The molecule has 3 N–H and O–H groups in total. The average molecular weight is 459 g/mol. The van der Waals surface area contributed by atoms with Crippen LogP contribution in [0.15, 0.2) is 72.8 Å². The number of rotatable bonds is 8.